The maximum Gasteiger partial charge on any atom is 0.410 e. The van der Waals surface area contributed by atoms with Crippen LogP contribution in [0.2, 0.25) is 0 Å². The monoisotopic (exact) mass is 667 g/mol. The highest BCUT2D eigenvalue weighted by Crippen LogP contribution is 2.30. The molecular formula is C34H45N5O7S. The highest BCUT2D eigenvalue weighted by molar-refractivity contribution is 7.92. The lowest BCUT2D eigenvalue weighted by Crippen LogP contribution is -2.44. The van der Waals surface area contributed by atoms with Crippen molar-refractivity contribution in [3.05, 3.63) is 65.2 Å². The van der Waals surface area contributed by atoms with Crippen molar-refractivity contribution >= 4 is 28.0 Å². The Bertz CT molecular complexity index is 1710. The summed E-state index contributed by atoms with van der Waals surface area (Å²) in [6.07, 6.45) is -0.215. The van der Waals surface area contributed by atoms with Gasteiger partial charge >= 0.3 is 12.1 Å². The van der Waals surface area contributed by atoms with Crippen LogP contribution in [0.4, 0.5) is 10.7 Å². The minimum absolute atomic E-state index is 0.000960. The topological polar surface area (TPSA) is 160 Å². The highest BCUT2D eigenvalue weighted by Gasteiger charge is 2.33. The third-order valence-corrected chi connectivity index (χ3v) is 8.68. The Hall–Kier alpha value is -4.23. The molecule has 1 fully saturated rings. The van der Waals surface area contributed by atoms with E-state index < -0.39 is 33.8 Å². The summed E-state index contributed by atoms with van der Waals surface area (Å²) < 4.78 is 41.3. The zero-order chi connectivity index (χ0) is 34.7. The number of carboxylic acid groups (broad SMARTS) is 1. The van der Waals surface area contributed by atoms with Crippen LogP contribution in [-0.4, -0.2) is 77.8 Å². The number of nitrogens with one attached hydrogen (secondary N) is 2. The number of carbonyl (C=O) groups excluding carboxylic acids is 1. The molecule has 0 unspecified atom stereocenters. The Labute approximate surface area is 277 Å². The van der Waals surface area contributed by atoms with Gasteiger partial charge in [-0.25, -0.2) is 27.7 Å². The fourth-order valence-electron chi connectivity index (χ4n) is 5.47. The van der Waals surface area contributed by atoms with Crippen LogP contribution in [0.25, 0.3) is 11.3 Å². The van der Waals surface area contributed by atoms with E-state index in [9.17, 15) is 23.1 Å². The summed E-state index contributed by atoms with van der Waals surface area (Å²) >= 11 is 0. The second-order valence-electron chi connectivity index (χ2n) is 14.1. The molecular weight excluding hydrogens is 622 g/mol. The predicted octanol–water partition coefficient (Wildman–Crippen LogP) is 5.65. The Morgan fingerprint density at radius 3 is 2.28 bits per heavy atom. The molecule has 47 heavy (non-hydrogen) atoms. The van der Waals surface area contributed by atoms with Gasteiger partial charge in [0.1, 0.15) is 11.7 Å². The molecule has 13 heteroatoms. The Kier molecular flexibility index (Phi) is 10.5. The number of sulfonamides is 1. The lowest BCUT2D eigenvalue weighted by molar-refractivity contribution is 0.0183. The van der Waals surface area contributed by atoms with E-state index in [1.165, 1.54) is 18.2 Å². The van der Waals surface area contributed by atoms with Crippen molar-refractivity contribution in [1.29, 1.82) is 0 Å². The normalized spacial score (nSPS) is 17.5. The maximum absolute atomic E-state index is 13.4. The number of aromatic carboxylic acids is 1. The van der Waals surface area contributed by atoms with Crippen LogP contribution in [0.3, 0.4) is 0 Å². The van der Waals surface area contributed by atoms with Gasteiger partial charge < -0.3 is 24.8 Å². The Morgan fingerprint density at radius 2 is 1.66 bits per heavy atom. The molecule has 0 radical (unpaired) electrons. The lowest BCUT2D eigenvalue weighted by atomic mass is 9.88. The highest BCUT2D eigenvalue weighted by atomic mass is 32.2. The number of nitrogens with zero attached hydrogens (tertiary/aromatic N) is 3. The quantitative estimate of drug-likeness (QED) is 0.274. The van der Waals surface area contributed by atoms with Crippen molar-refractivity contribution in [2.75, 3.05) is 24.4 Å². The van der Waals surface area contributed by atoms with Gasteiger partial charge in [0, 0.05) is 30.8 Å². The van der Waals surface area contributed by atoms with E-state index in [0.29, 0.717) is 18.8 Å². The number of ether oxygens (including phenoxy) is 2. The second-order valence-corrected chi connectivity index (χ2v) is 15.8. The van der Waals surface area contributed by atoms with Gasteiger partial charge in [0.25, 0.3) is 10.0 Å². The summed E-state index contributed by atoms with van der Waals surface area (Å²) in [6, 6.07) is 12.4. The molecule has 2 heterocycles. The molecule has 1 aliphatic rings. The molecule has 0 bridgehead atoms. The zero-order valence-corrected chi connectivity index (χ0v) is 29.1. The number of carbonyl (C=O) groups is 2. The summed E-state index contributed by atoms with van der Waals surface area (Å²) in [6.45, 7) is 16.7. The molecule has 1 aliphatic heterocycles. The first kappa shape index (κ1) is 35.6. The SMILES string of the molecule is Cc1cccc(C)c1-c1cc(O[C@H]2CN[C@@H](CC(C)(C)C)CN(C(=O)OC(C)(C)C)C2)nc(NS(=O)(=O)c2cccc(C(=O)O)c2)n1. The number of benzene rings is 2. The fraction of sp³-hybridized carbons (Fsp3) is 0.471. The molecule has 2 atom stereocenters. The predicted molar refractivity (Wildman–Crippen MR) is 179 cm³/mol. The van der Waals surface area contributed by atoms with Crippen molar-refractivity contribution in [3.8, 4) is 17.1 Å². The van der Waals surface area contributed by atoms with Gasteiger partial charge in [0.15, 0.2) is 0 Å². The third kappa shape index (κ3) is 9.88. The first-order valence-electron chi connectivity index (χ1n) is 15.5. The largest absolute Gasteiger partial charge is 0.478 e. The van der Waals surface area contributed by atoms with Crippen LogP contribution in [-0.2, 0) is 14.8 Å². The smallest absolute Gasteiger partial charge is 0.410 e. The summed E-state index contributed by atoms with van der Waals surface area (Å²) in [7, 11) is -4.28. The van der Waals surface area contributed by atoms with Crippen LogP contribution in [0, 0.1) is 19.3 Å². The number of aromatic nitrogens is 2. The Balaban J connectivity index is 1.72. The molecule has 0 spiro atoms. The van der Waals surface area contributed by atoms with E-state index in [1.54, 1.807) is 11.0 Å². The van der Waals surface area contributed by atoms with Gasteiger partial charge in [0.05, 0.1) is 22.7 Å². The number of amides is 1. The molecule has 1 amide bonds. The van der Waals surface area contributed by atoms with E-state index in [2.05, 4.69) is 40.8 Å². The summed E-state index contributed by atoms with van der Waals surface area (Å²) in [5, 5.41) is 12.9. The first-order valence-corrected chi connectivity index (χ1v) is 17.0. The van der Waals surface area contributed by atoms with E-state index in [4.69, 9.17) is 9.47 Å². The van der Waals surface area contributed by atoms with Crippen molar-refractivity contribution in [2.45, 2.75) is 84.5 Å². The van der Waals surface area contributed by atoms with Crippen molar-refractivity contribution < 1.29 is 32.6 Å². The molecule has 254 valence electrons. The molecule has 0 aliphatic carbocycles. The summed E-state index contributed by atoms with van der Waals surface area (Å²) in [5.74, 6) is -1.41. The molecule has 4 rings (SSSR count). The van der Waals surface area contributed by atoms with Gasteiger partial charge in [-0.3, -0.25) is 0 Å². The molecule has 1 saturated heterocycles. The van der Waals surface area contributed by atoms with Crippen molar-refractivity contribution in [3.63, 3.8) is 0 Å². The molecule has 3 N–H and O–H groups in total. The van der Waals surface area contributed by atoms with Crippen LogP contribution in [0.5, 0.6) is 5.88 Å². The number of hydrogen-bond acceptors (Lipinski definition) is 9. The number of carboxylic acids is 1. The maximum atomic E-state index is 13.4. The van der Waals surface area contributed by atoms with Crippen LogP contribution in [0.15, 0.2) is 53.4 Å². The standard InChI is InChI=1S/C34H45N5O7S/c1-21-11-9-12-22(2)29(21)27-16-28(37-31(36-27)38-47(43,44)26-14-10-13-23(15-26)30(40)41)45-25-18-35-24(17-33(3,4)5)19-39(20-25)32(42)46-34(6,7)8/h9-16,24-25,35H,17-20H2,1-8H3,(H,40,41)(H,36,37,38)/t24-,25-/m0/s1. The van der Waals surface area contributed by atoms with Crippen LogP contribution < -0.4 is 14.8 Å². The lowest BCUT2D eigenvalue weighted by Gasteiger charge is -2.31. The second kappa shape index (κ2) is 13.9. The minimum Gasteiger partial charge on any atom is -0.478 e. The van der Waals surface area contributed by atoms with Crippen LogP contribution in [0.1, 0.15) is 69.4 Å². The van der Waals surface area contributed by atoms with Gasteiger partial charge in [-0.15, -0.1) is 0 Å². The van der Waals surface area contributed by atoms with Crippen molar-refractivity contribution in [2.24, 2.45) is 5.41 Å². The summed E-state index contributed by atoms with van der Waals surface area (Å²) in [4.78, 5) is 35.1. The van der Waals surface area contributed by atoms with E-state index >= 15 is 0 Å². The van der Waals surface area contributed by atoms with Gasteiger partial charge in [0.2, 0.25) is 11.8 Å². The van der Waals surface area contributed by atoms with Crippen LogP contribution >= 0.6 is 0 Å². The molecule has 0 saturated carbocycles. The van der Waals surface area contributed by atoms with Gasteiger partial charge in [-0.2, -0.15) is 4.98 Å². The average Bonchev–Trinajstić information content (AvgIpc) is 3.13. The minimum atomic E-state index is -4.28. The van der Waals surface area contributed by atoms with E-state index in [-0.39, 0.29) is 40.3 Å². The van der Waals surface area contributed by atoms with Crippen molar-refractivity contribution in [1.82, 2.24) is 20.2 Å². The zero-order valence-electron chi connectivity index (χ0n) is 28.2. The molecule has 1 aromatic heterocycles. The molecule has 3 aromatic rings. The molecule has 12 nitrogen and oxygen atoms in total. The Morgan fingerprint density at radius 1 is 1.00 bits per heavy atom. The van der Waals surface area contributed by atoms with E-state index in [1.807, 2.05) is 52.8 Å². The third-order valence-electron chi connectivity index (χ3n) is 7.35. The number of hydrogen-bond donors (Lipinski definition) is 3. The number of rotatable bonds is 8. The number of aryl methyl sites for hydroxylation is 2. The van der Waals surface area contributed by atoms with Gasteiger partial charge in [-0.1, -0.05) is 45.0 Å². The first-order chi connectivity index (χ1) is 21.8. The van der Waals surface area contributed by atoms with E-state index in [0.717, 1.165) is 29.2 Å². The fourth-order valence-corrected chi connectivity index (χ4v) is 6.46. The average molecular weight is 668 g/mol. The number of anilines is 1. The summed E-state index contributed by atoms with van der Waals surface area (Å²) in [5.41, 5.74) is 2.18. The van der Waals surface area contributed by atoms with Gasteiger partial charge in [-0.05, 0) is 75.8 Å². The molecule has 2 aromatic carbocycles.